The lowest BCUT2D eigenvalue weighted by Gasteiger charge is -2.00. The normalized spacial score (nSPS) is 11.1. The van der Waals surface area contributed by atoms with Crippen molar-refractivity contribution < 1.29 is 4.92 Å². The van der Waals surface area contributed by atoms with Gasteiger partial charge in [0.15, 0.2) is 0 Å². The fourth-order valence-electron chi connectivity index (χ4n) is 2.16. The fourth-order valence-corrected chi connectivity index (χ4v) is 2.34. The van der Waals surface area contributed by atoms with Crippen molar-refractivity contribution in [3.63, 3.8) is 0 Å². The van der Waals surface area contributed by atoms with Gasteiger partial charge in [-0.05, 0) is 34.5 Å². The van der Waals surface area contributed by atoms with Gasteiger partial charge in [0.25, 0.3) is 5.69 Å². The summed E-state index contributed by atoms with van der Waals surface area (Å²) in [6, 6.07) is 18.5. The van der Waals surface area contributed by atoms with Gasteiger partial charge in [0.2, 0.25) is 0 Å². The van der Waals surface area contributed by atoms with Crippen molar-refractivity contribution in [3.05, 3.63) is 81.4 Å². The molecule has 4 nitrogen and oxygen atoms in total. The number of hydrogen-bond acceptors (Lipinski definition) is 3. The molecule has 3 aromatic rings. The zero-order valence-corrected chi connectivity index (χ0v) is 12.2. The lowest BCUT2D eigenvalue weighted by Crippen LogP contribution is -1.91. The summed E-state index contributed by atoms with van der Waals surface area (Å²) in [6.45, 7) is 0. The molecule has 3 rings (SSSR count). The van der Waals surface area contributed by atoms with Crippen molar-refractivity contribution >= 4 is 40.0 Å². The molecule has 0 bridgehead atoms. The molecule has 22 heavy (non-hydrogen) atoms. The molecule has 0 aliphatic heterocycles. The van der Waals surface area contributed by atoms with E-state index < -0.39 is 4.92 Å². The Hall–Kier alpha value is -2.72. The minimum absolute atomic E-state index is 0.118. The van der Waals surface area contributed by atoms with Crippen LogP contribution >= 0.6 is 11.6 Å². The van der Waals surface area contributed by atoms with Crippen LogP contribution in [0.4, 0.5) is 11.4 Å². The van der Waals surface area contributed by atoms with Crippen molar-refractivity contribution in [3.8, 4) is 0 Å². The van der Waals surface area contributed by atoms with E-state index in [1.807, 2.05) is 42.5 Å². The van der Waals surface area contributed by atoms with Gasteiger partial charge in [-0.3, -0.25) is 15.1 Å². The highest BCUT2D eigenvalue weighted by atomic mass is 35.5. The summed E-state index contributed by atoms with van der Waals surface area (Å²) in [5, 5.41) is 13.2. The van der Waals surface area contributed by atoms with Gasteiger partial charge in [0.1, 0.15) is 5.02 Å². The molecule has 0 aliphatic rings. The Morgan fingerprint density at radius 3 is 2.55 bits per heavy atom. The highest BCUT2D eigenvalue weighted by Gasteiger charge is 2.11. The number of aliphatic imine (C=N–C) groups is 1. The number of nitro groups is 1. The van der Waals surface area contributed by atoms with Crippen LogP contribution in [-0.2, 0) is 0 Å². The van der Waals surface area contributed by atoms with Crippen molar-refractivity contribution in [2.45, 2.75) is 0 Å². The predicted octanol–water partition coefficient (Wildman–Crippen LogP) is 5.15. The van der Waals surface area contributed by atoms with E-state index in [1.54, 1.807) is 12.3 Å². The average Bonchev–Trinajstić information content (AvgIpc) is 2.53. The van der Waals surface area contributed by atoms with E-state index in [4.69, 9.17) is 11.6 Å². The largest absolute Gasteiger partial charge is 0.288 e. The summed E-state index contributed by atoms with van der Waals surface area (Å²) < 4.78 is 0. The molecule has 3 aromatic carbocycles. The Bertz CT molecular complexity index is 891. The highest BCUT2D eigenvalue weighted by Crippen LogP contribution is 2.25. The van der Waals surface area contributed by atoms with E-state index in [0.29, 0.717) is 5.56 Å². The number of benzene rings is 3. The number of halogens is 1. The zero-order chi connectivity index (χ0) is 15.5. The molecule has 0 aromatic heterocycles. The second-order valence-electron chi connectivity index (χ2n) is 4.76. The average molecular weight is 311 g/mol. The minimum Gasteiger partial charge on any atom is -0.258 e. The van der Waals surface area contributed by atoms with Gasteiger partial charge in [-0.1, -0.05) is 48.0 Å². The second-order valence-corrected chi connectivity index (χ2v) is 5.16. The Balaban J connectivity index is 1.92. The first kappa shape index (κ1) is 14.2. The highest BCUT2D eigenvalue weighted by molar-refractivity contribution is 6.32. The van der Waals surface area contributed by atoms with Gasteiger partial charge in [0, 0.05) is 12.3 Å². The molecule has 5 heteroatoms. The molecule has 0 saturated carbocycles. The van der Waals surface area contributed by atoms with E-state index in [2.05, 4.69) is 4.99 Å². The number of hydrogen-bond donors (Lipinski definition) is 0. The lowest BCUT2D eigenvalue weighted by atomic mass is 10.1. The summed E-state index contributed by atoms with van der Waals surface area (Å²) in [5.41, 5.74) is 1.30. The summed E-state index contributed by atoms with van der Waals surface area (Å²) in [7, 11) is 0. The van der Waals surface area contributed by atoms with Crippen LogP contribution in [0, 0.1) is 10.1 Å². The third-order valence-corrected chi connectivity index (χ3v) is 3.58. The Morgan fingerprint density at radius 2 is 1.77 bits per heavy atom. The first-order valence-electron chi connectivity index (χ1n) is 6.60. The number of nitro benzene ring substituents is 1. The maximum Gasteiger partial charge on any atom is 0.288 e. The maximum atomic E-state index is 10.9. The van der Waals surface area contributed by atoms with Crippen LogP contribution in [0.5, 0.6) is 0 Å². The molecule has 0 amide bonds. The van der Waals surface area contributed by atoms with Crippen LogP contribution in [0.25, 0.3) is 10.8 Å². The molecule has 0 heterocycles. The van der Waals surface area contributed by atoms with Crippen LogP contribution in [-0.4, -0.2) is 11.1 Å². The van der Waals surface area contributed by atoms with Gasteiger partial charge >= 0.3 is 0 Å². The molecule has 108 valence electrons. The second kappa shape index (κ2) is 5.95. The van der Waals surface area contributed by atoms with E-state index in [-0.39, 0.29) is 10.7 Å². The third-order valence-electron chi connectivity index (χ3n) is 3.26. The standard InChI is InChI=1S/C17H11ClN2O2/c18-16-8-5-12(9-17(16)20(21)22)11-19-15-7-6-13-3-1-2-4-14(13)10-15/h1-11H. The third kappa shape index (κ3) is 2.97. The van der Waals surface area contributed by atoms with Gasteiger partial charge < -0.3 is 0 Å². The summed E-state index contributed by atoms with van der Waals surface area (Å²) >= 11 is 5.79. The van der Waals surface area contributed by atoms with Crippen LogP contribution in [0.1, 0.15) is 5.56 Å². The van der Waals surface area contributed by atoms with Gasteiger partial charge in [-0.25, -0.2) is 0 Å². The molecule has 0 saturated heterocycles. The van der Waals surface area contributed by atoms with E-state index in [9.17, 15) is 10.1 Å². The molecule has 0 unspecified atom stereocenters. The van der Waals surface area contributed by atoms with Gasteiger partial charge in [-0.15, -0.1) is 0 Å². The van der Waals surface area contributed by atoms with Crippen molar-refractivity contribution in [1.29, 1.82) is 0 Å². The lowest BCUT2D eigenvalue weighted by molar-refractivity contribution is -0.384. The topological polar surface area (TPSA) is 55.5 Å². The van der Waals surface area contributed by atoms with Crippen LogP contribution in [0.3, 0.4) is 0 Å². The molecule has 0 N–H and O–H groups in total. The molecule has 0 fully saturated rings. The quantitative estimate of drug-likeness (QED) is 0.381. The van der Waals surface area contributed by atoms with E-state index in [1.165, 1.54) is 12.1 Å². The number of fused-ring (bicyclic) bond motifs is 1. The van der Waals surface area contributed by atoms with Crippen molar-refractivity contribution in [1.82, 2.24) is 0 Å². The monoisotopic (exact) mass is 310 g/mol. The smallest absolute Gasteiger partial charge is 0.258 e. The van der Waals surface area contributed by atoms with E-state index in [0.717, 1.165) is 16.5 Å². The Morgan fingerprint density at radius 1 is 1.00 bits per heavy atom. The SMILES string of the molecule is O=[N+]([O-])c1cc(C=Nc2ccc3ccccc3c2)ccc1Cl. The first-order valence-corrected chi connectivity index (χ1v) is 6.98. The van der Waals surface area contributed by atoms with Crippen molar-refractivity contribution in [2.24, 2.45) is 4.99 Å². The Kier molecular flexibility index (Phi) is 3.85. The molecule has 0 spiro atoms. The predicted molar refractivity (Wildman–Crippen MR) is 89.3 cm³/mol. The van der Waals surface area contributed by atoms with Crippen LogP contribution in [0.15, 0.2) is 65.7 Å². The maximum absolute atomic E-state index is 10.9. The number of rotatable bonds is 3. The molecule has 0 atom stereocenters. The summed E-state index contributed by atoms with van der Waals surface area (Å²) in [5.74, 6) is 0. The fraction of sp³-hybridized carbons (Fsp3) is 0. The molecular formula is C17H11ClN2O2. The van der Waals surface area contributed by atoms with E-state index >= 15 is 0 Å². The van der Waals surface area contributed by atoms with Crippen LogP contribution in [0.2, 0.25) is 5.02 Å². The Labute approximate surface area is 131 Å². The molecule has 0 radical (unpaired) electrons. The van der Waals surface area contributed by atoms with Crippen LogP contribution < -0.4 is 0 Å². The van der Waals surface area contributed by atoms with Crippen molar-refractivity contribution in [2.75, 3.05) is 0 Å². The van der Waals surface area contributed by atoms with Gasteiger partial charge in [-0.2, -0.15) is 0 Å². The summed E-state index contributed by atoms with van der Waals surface area (Å²) in [6.07, 6.45) is 1.59. The minimum atomic E-state index is -0.504. The number of nitrogens with zero attached hydrogens (tertiary/aromatic N) is 2. The summed E-state index contributed by atoms with van der Waals surface area (Å²) in [4.78, 5) is 14.7. The van der Waals surface area contributed by atoms with Gasteiger partial charge in [0.05, 0.1) is 10.6 Å². The molecule has 0 aliphatic carbocycles. The first-order chi connectivity index (χ1) is 10.6. The zero-order valence-electron chi connectivity index (χ0n) is 11.4. The molecular weight excluding hydrogens is 300 g/mol.